The molecular formula is C15H19ClN2O3. The predicted octanol–water partition coefficient (Wildman–Crippen LogP) is 2.46. The molecule has 0 spiro atoms. The Hall–Kier alpha value is -1.59. The second-order valence-corrected chi connectivity index (χ2v) is 5.81. The number of anilines is 1. The maximum atomic E-state index is 12.1. The number of likely N-dealkylation sites (tertiary alicyclic amines) is 1. The molecule has 1 aromatic rings. The van der Waals surface area contributed by atoms with E-state index in [1.54, 1.807) is 18.2 Å². The van der Waals surface area contributed by atoms with Gasteiger partial charge in [0.2, 0.25) is 5.91 Å². The van der Waals surface area contributed by atoms with E-state index < -0.39 is 5.97 Å². The number of nitrogens with one attached hydrogen (secondary N) is 1. The fraction of sp³-hybridized carbons (Fsp3) is 0.467. The average molecular weight is 311 g/mol. The highest BCUT2D eigenvalue weighted by atomic mass is 35.5. The molecule has 2 unspecified atom stereocenters. The smallest absolute Gasteiger partial charge is 0.306 e. The summed E-state index contributed by atoms with van der Waals surface area (Å²) in [6, 6.07) is 7.16. The molecule has 1 fully saturated rings. The Morgan fingerprint density at radius 3 is 2.76 bits per heavy atom. The number of halogens is 1. The molecule has 0 aliphatic carbocycles. The van der Waals surface area contributed by atoms with E-state index in [1.807, 2.05) is 17.9 Å². The Bertz CT molecular complexity index is 535. The van der Waals surface area contributed by atoms with Gasteiger partial charge in [-0.25, -0.2) is 0 Å². The molecule has 1 aromatic carbocycles. The van der Waals surface area contributed by atoms with Gasteiger partial charge in [0, 0.05) is 6.04 Å². The molecule has 1 aliphatic heterocycles. The summed E-state index contributed by atoms with van der Waals surface area (Å²) in [4.78, 5) is 25.1. The van der Waals surface area contributed by atoms with Crippen LogP contribution >= 0.6 is 11.6 Å². The predicted molar refractivity (Wildman–Crippen MR) is 81.5 cm³/mol. The average Bonchev–Trinajstić information content (AvgIpc) is 2.43. The van der Waals surface area contributed by atoms with Crippen LogP contribution < -0.4 is 5.32 Å². The third-order valence-electron chi connectivity index (χ3n) is 3.86. The second kappa shape index (κ2) is 6.91. The van der Waals surface area contributed by atoms with Gasteiger partial charge in [0.15, 0.2) is 0 Å². The molecule has 2 rings (SSSR count). The summed E-state index contributed by atoms with van der Waals surface area (Å²) in [5.41, 5.74) is 0.595. The molecule has 0 radical (unpaired) electrons. The van der Waals surface area contributed by atoms with Crippen LogP contribution in [0.4, 0.5) is 5.69 Å². The van der Waals surface area contributed by atoms with E-state index in [-0.39, 0.29) is 24.4 Å². The summed E-state index contributed by atoms with van der Waals surface area (Å²) >= 11 is 6.00. The lowest BCUT2D eigenvalue weighted by Crippen LogP contribution is -2.46. The Labute approximate surface area is 128 Å². The lowest BCUT2D eigenvalue weighted by molar-refractivity contribution is -0.144. The van der Waals surface area contributed by atoms with E-state index in [4.69, 9.17) is 16.7 Å². The van der Waals surface area contributed by atoms with Gasteiger partial charge < -0.3 is 10.4 Å². The third-order valence-corrected chi connectivity index (χ3v) is 4.19. The zero-order valence-electron chi connectivity index (χ0n) is 11.9. The van der Waals surface area contributed by atoms with Gasteiger partial charge in [0.1, 0.15) is 0 Å². The largest absolute Gasteiger partial charge is 0.481 e. The first kappa shape index (κ1) is 15.8. The minimum Gasteiger partial charge on any atom is -0.481 e. The molecule has 21 heavy (non-hydrogen) atoms. The summed E-state index contributed by atoms with van der Waals surface area (Å²) in [5.74, 6) is -1.19. The van der Waals surface area contributed by atoms with Crippen molar-refractivity contribution in [2.45, 2.75) is 25.8 Å². The van der Waals surface area contributed by atoms with Crippen molar-refractivity contribution in [3.63, 3.8) is 0 Å². The zero-order valence-corrected chi connectivity index (χ0v) is 12.6. The summed E-state index contributed by atoms with van der Waals surface area (Å²) in [5, 5.41) is 12.3. The maximum Gasteiger partial charge on any atom is 0.306 e. The van der Waals surface area contributed by atoms with Crippen LogP contribution in [0.1, 0.15) is 19.8 Å². The minimum atomic E-state index is -0.748. The highest BCUT2D eigenvalue weighted by molar-refractivity contribution is 6.33. The molecule has 0 bridgehead atoms. The monoisotopic (exact) mass is 310 g/mol. The van der Waals surface area contributed by atoms with Crippen LogP contribution in [0.25, 0.3) is 0 Å². The number of nitrogens with zero attached hydrogens (tertiary/aromatic N) is 1. The minimum absolute atomic E-state index is 0.0804. The first-order valence-corrected chi connectivity index (χ1v) is 7.36. The van der Waals surface area contributed by atoms with Gasteiger partial charge in [-0.3, -0.25) is 14.5 Å². The van der Waals surface area contributed by atoms with Crippen LogP contribution in [0.5, 0.6) is 0 Å². The third kappa shape index (κ3) is 4.19. The van der Waals surface area contributed by atoms with Crippen LogP contribution in [-0.2, 0) is 9.59 Å². The number of carbonyl (C=O) groups excluding carboxylic acids is 1. The molecule has 2 N–H and O–H groups in total. The number of carboxylic acid groups (broad SMARTS) is 1. The number of benzene rings is 1. The highest BCUT2D eigenvalue weighted by Crippen LogP contribution is 2.24. The fourth-order valence-electron chi connectivity index (χ4n) is 2.62. The van der Waals surface area contributed by atoms with Crippen LogP contribution in [-0.4, -0.2) is 41.0 Å². The Balaban J connectivity index is 1.89. The van der Waals surface area contributed by atoms with Gasteiger partial charge in [-0.2, -0.15) is 0 Å². The summed E-state index contributed by atoms with van der Waals surface area (Å²) in [7, 11) is 0. The van der Waals surface area contributed by atoms with Gasteiger partial charge >= 0.3 is 5.97 Å². The van der Waals surface area contributed by atoms with Crippen molar-refractivity contribution >= 4 is 29.2 Å². The van der Waals surface area contributed by atoms with E-state index in [2.05, 4.69) is 5.32 Å². The van der Waals surface area contributed by atoms with Crippen LogP contribution in [0.15, 0.2) is 24.3 Å². The number of carbonyl (C=O) groups is 2. The standard InChI is InChI=1S/C15H19ClN2O3/c1-10-8-11(15(20)21)6-7-18(10)9-14(19)17-13-5-3-2-4-12(13)16/h2-5,10-11H,6-9H2,1H3,(H,17,19)(H,20,21). The fourth-order valence-corrected chi connectivity index (χ4v) is 2.80. The number of hydrogen-bond acceptors (Lipinski definition) is 3. The van der Waals surface area contributed by atoms with E-state index in [0.717, 1.165) is 0 Å². The van der Waals surface area contributed by atoms with Crippen molar-refractivity contribution in [3.05, 3.63) is 29.3 Å². The van der Waals surface area contributed by atoms with Crippen molar-refractivity contribution in [2.75, 3.05) is 18.4 Å². The Morgan fingerprint density at radius 1 is 1.43 bits per heavy atom. The quantitative estimate of drug-likeness (QED) is 0.896. The maximum absolute atomic E-state index is 12.1. The number of piperidine rings is 1. The number of hydrogen-bond donors (Lipinski definition) is 2. The molecule has 1 aliphatic rings. The van der Waals surface area contributed by atoms with Gasteiger partial charge in [0.05, 0.1) is 23.2 Å². The van der Waals surface area contributed by atoms with Crippen LogP contribution in [0.2, 0.25) is 5.02 Å². The van der Waals surface area contributed by atoms with Crippen molar-refractivity contribution in [3.8, 4) is 0 Å². The Morgan fingerprint density at radius 2 is 2.14 bits per heavy atom. The van der Waals surface area contributed by atoms with E-state index in [9.17, 15) is 9.59 Å². The topological polar surface area (TPSA) is 69.6 Å². The first-order valence-electron chi connectivity index (χ1n) is 6.98. The number of amides is 1. The van der Waals surface area contributed by atoms with Crippen molar-refractivity contribution in [1.29, 1.82) is 0 Å². The molecule has 0 aromatic heterocycles. The molecule has 2 atom stereocenters. The zero-order chi connectivity index (χ0) is 15.4. The highest BCUT2D eigenvalue weighted by Gasteiger charge is 2.30. The van der Waals surface area contributed by atoms with Crippen LogP contribution in [0.3, 0.4) is 0 Å². The number of carboxylic acids is 1. The lowest BCUT2D eigenvalue weighted by atomic mass is 9.92. The van der Waals surface area contributed by atoms with Gasteiger partial charge in [0.25, 0.3) is 0 Å². The molecule has 114 valence electrons. The first-order chi connectivity index (χ1) is 9.97. The number of para-hydroxylation sites is 1. The van der Waals surface area contributed by atoms with Crippen molar-refractivity contribution in [1.82, 2.24) is 4.90 Å². The molecule has 1 amide bonds. The number of aliphatic carboxylic acids is 1. The van der Waals surface area contributed by atoms with Crippen molar-refractivity contribution in [2.24, 2.45) is 5.92 Å². The summed E-state index contributed by atoms with van der Waals surface area (Å²) < 4.78 is 0. The molecular weight excluding hydrogens is 292 g/mol. The molecule has 5 nitrogen and oxygen atoms in total. The van der Waals surface area contributed by atoms with Crippen LogP contribution in [0, 0.1) is 5.92 Å². The summed E-state index contributed by atoms with van der Waals surface area (Å²) in [6.45, 7) is 2.82. The molecule has 6 heteroatoms. The second-order valence-electron chi connectivity index (χ2n) is 5.41. The molecule has 1 saturated heterocycles. The normalized spacial score (nSPS) is 22.8. The van der Waals surface area contributed by atoms with Gasteiger partial charge in [-0.15, -0.1) is 0 Å². The van der Waals surface area contributed by atoms with E-state index >= 15 is 0 Å². The Kier molecular flexibility index (Phi) is 5.20. The van der Waals surface area contributed by atoms with Gasteiger partial charge in [-0.05, 0) is 38.4 Å². The van der Waals surface area contributed by atoms with Gasteiger partial charge in [-0.1, -0.05) is 23.7 Å². The van der Waals surface area contributed by atoms with E-state index in [1.165, 1.54) is 0 Å². The molecule has 1 heterocycles. The van der Waals surface area contributed by atoms with E-state index in [0.29, 0.717) is 30.1 Å². The lowest BCUT2D eigenvalue weighted by Gasteiger charge is -2.35. The SMILES string of the molecule is CC1CC(C(=O)O)CCN1CC(=O)Nc1ccccc1Cl. The molecule has 0 saturated carbocycles. The van der Waals surface area contributed by atoms with Crippen molar-refractivity contribution < 1.29 is 14.7 Å². The number of rotatable bonds is 4. The summed E-state index contributed by atoms with van der Waals surface area (Å²) in [6.07, 6.45) is 1.16.